The Morgan fingerprint density at radius 1 is 1.04 bits per heavy atom. The molecule has 8 heteroatoms. The second-order valence-electron chi connectivity index (χ2n) is 4.83. The minimum Gasteiger partial charge on any atom is -0.481 e. The highest BCUT2D eigenvalue weighted by Gasteiger charge is 2.07. The predicted octanol–water partition coefficient (Wildman–Crippen LogP) is -0.105. The summed E-state index contributed by atoms with van der Waals surface area (Å²) in [7, 11) is 0. The van der Waals surface area contributed by atoms with E-state index in [0.717, 1.165) is 5.56 Å². The smallest absolute Gasteiger partial charge is 0.303 e. The van der Waals surface area contributed by atoms with Crippen LogP contribution in [-0.4, -0.2) is 41.9 Å². The Morgan fingerprint density at radius 2 is 1.74 bits per heavy atom. The monoisotopic (exact) mass is 321 g/mol. The molecule has 0 aliphatic rings. The molecule has 0 atom stereocenters. The largest absolute Gasteiger partial charge is 0.481 e. The lowest BCUT2D eigenvalue weighted by Crippen LogP contribution is -2.39. The molecule has 0 saturated heterocycles. The molecule has 0 bridgehead atoms. The standard InChI is InChI=1S/C15H19N3O5/c1-10(19)16-8-13(20)17-9-14(21)18-12-4-2-3-11(7-12)5-6-15(22)23/h2-4,7H,5-6,8-9H2,1H3,(H,16,19)(H,17,20)(H,18,21)(H,22,23). The van der Waals surface area contributed by atoms with Gasteiger partial charge in [0.2, 0.25) is 17.7 Å². The summed E-state index contributed by atoms with van der Waals surface area (Å²) in [5, 5.41) is 15.9. The number of carbonyl (C=O) groups excluding carboxylic acids is 3. The fourth-order valence-corrected chi connectivity index (χ4v) is 1.71. The van der Waals surface area contributed by atoms with Gasteiger partial charge in [0.15, 0.2) is 0 Å². The van der Waals surface area contributed by atoms with Gasteiger partial charge >= 0.3 is 5.97 Å². The lowest BCUT2D eigenvalue weighted by atomic mass is 10.1. The summed E-state index contributed by atoms with van der Waals surface area (Å²) in [6.07, 6.45) is 0.378. The van der Waals surface area contributed by atoms with Crippen molar-refractivity contribution in [2.75, 3.05) is 18.4 Å². The molecule has 0 saturated carbocycles. The highest BCUT2D eigenvalue weighted by Crippen LogP contribution is 2.12. The average molecular weight is 321 g/mol. The number of amides is 3. The van der Waals surface area contributed by atoms with Gasteiger partial charge in [0, 0.05) is 19.0 Å². The molecule has 0 radical (unpaired) electrons. The van der Waals surface area contributed by atoms with Gasteiger partial charge in [-0.2, -0.15) is 0 Å². The van der Waals surface area contributed by atoms with E-state index in [2.05, 4.69) is 16.0 Å². The molecule has 0 aliphatic carbocycles. The van der Waals surface area contributed by atoms with Gasteiger partial charge < -0.3 is 21.1 Å². The van der Waals surface area contributed by atoms with E-state index < -0.39 is 17.8 Å². The van der Waals surface area contributed by atoms with E-state index in [0.29, 0.717) is 12.1 Å². The molecule has 0 aliphatic heterocycles. The number of aliphatic carboxylic acids is 1. The Bertz CT molecular complexity index is 601. The zero-order valence-corrected chi connectivity index (χ0v) is 12.7. The van der Waals surface area contributed by atoms with E-state index in [1.807, 2.05) is 0 Å². The zero-order chi connectivity index (χ0) is 17.2. The molecule has 1 aromatic rings. The SMILES string of the molecule is CC(=O)NCC(=O)NCC(=O)Nc1cccc(CCC(=O)O)c1. The maximum Gasteiger partial charge on any atom is 0.303 e. The first-order valence-electron chi connectivity index (χ1n) is 6.98. The second kappa shape index (κ2) is 9.19. The molecule has 0 unspecified atom stereocenters. The van der Waals surface area contributed by atoms with Crippen molar-refractivity contribution in [3.63, 3.8) is 0 Å². The van der Waals surface area contributed by atoms with Crippen LogP contribution in [-0.2, 0) is 25.6 Å². The molecular formula is C15H19N3O5. The molecular weight excluding hydrogens is 302 g/mol. The molecule has 4 N–H and O–H groups in total. The van der Waals surface area contributed by atoms with Crippen LogP contribution < -0.4 is 16.0 Å². The number of carboxylic acid groups (broad SMARTS) is 1. The molecule has 0 spiro atoms. The maximum atomic E-state index is 11.7. The Kier molecular flexibility index (Phi) is 7.25. The van der Waals surface area contributed by atoms with Crippen LogP contribution in [0.1, 0.15) is 18.9 Å². The summed E-state index contributed by atoms with van der Waals surface area (Å²) in [6.45, 7) is 0.877. The fraction of sp³-hybridized carbons (Fsp3) is 0.333. The van der Waals surface area contributed by atoms with Crippen molar-refractivity contribution >= 4 is 29.4 Å². The Hall–Kier alpha value is -2.90. The van der Waals surface area contributed by atoms with Crippen LogP contribution in [0.5, 0.6) is 0 Å². The van der Waals surface area contributed by atoms with Crippen LogP contribution in [0, 0.1) is 0 Å². The summed E-state index contributed by atoms with van der Waals surface area (Å²) in [5.74, 6) is -2.11. The fourth-order valence-electron chi connectivity index (χ4n) is 1.71. The molecule has 1 aromatic carbocycles. The first-order valence-corrected chi connectivity index (χ1v) is 6.98. The van der Waals surface area contributed by atoms with E-state index in [4.69, 9.17) is 5.11 Å². The van der Waals surface area contributed by atoms with E-state index >= 15 is 0 Å². The van der Waals surface area contributed by atoms with Crippen molar-refractivity contribution in [3.05, 3.63) is 29.8 Å². The minimum absolute atomic E-state index is 0.0105. The van der Waals surface area contributed by atoms with Crippen LogP contribution in [0.2, 0.25) is 0 Å². The lowest BCUT2D eigenvalue weighted by molar-refractivity contribution is -0.137. The molecule has 0 heterocycles. The van der Waals surface area contributed by atoms with Crippen LogP contribution in [0.4, 0.5) is 5.69 Å². The van der Waals surface area contributed by atoms with Crippen molar-refractivity contribution < 1.29 is 24.3 Å². The summed E-state index contributed by atoms with van der Waals surface area (Å²) in [6, 6.07) is 6.83. The number of aryl methyl sites for hydroxylation is 1. The number of rotatable bonds is 8. The van der Waals surface area contributed by atoms with Gasteiger partial charge in [0.05, 0.1) is 13.1 Å². The third-order valence-corrected chi connectivity index (χ3v) is 2.78. The summed E-state index contributed by atoms with van der Waals surface area (Å²) in [4.78, 5) is 44.3. The molecule has 0 fully saturated rings. The van der Waals surface area contributed by atoms with E-state index in [1.54, 1.807) is 24.3 Å². The van der Waals surface area contributed by atoms with Crippen molar-refractivity contribution in [3.8, 4) is 0 Å². The predicted molar refractivity (Wildman–Crippen MR) is 82.7 cm³/mol. The van der Waals surface area contributed by atoms with E-state index in [-0.39, 0.29) is 25.4 Å². The number of nitrogens with one attached hydrogen (secondary N) is 3. The summed E-state index contributed by atoms with van der Waals surface area (Å²) < 4.78 is 0. The molecule has 0 aromatic heterocycles. The second-order valence-corrected chi connectivity index (χ2v) is 4.83. The normalized spacial score (nSPS) is 9.78. The number of anilines is 1. The van der Waals surface area contributed by atoms with Crippen molar-refractivity contribution in [1.82, 2.24) is 10.6 Å². The number of carbonyl (C=O) groups is 4. The zero-order valence-electron chi connectivity index (χ0n) is 12.7. The molecule has 124 valence electrons. The maximum absolute atomic E-state index is 11.7. The number of carboxylic acids is 1. The first kappa shape index (κ1) is 18.1. The molecule has 23 heavy (non-hydrogen) atoms. The molecule has 8 nitrogen and oxygen atoms in total. The van der Waals surface area contributed by atoms with E-state index in [1.165, 1.54) is 6.92 Å². The Morgan fingerprint density at radius 3 is 2.39 bits per heavy atom. The third-order valence-electron chi connectivity index (χ3n) is 2.78. The van der Waals surface area contributed by atoms with E-state index in [9.17, 15) is 19.2 Å². The van der Waals surface area contributed by atoms with Crippen molar-refractivity contribution in [1.29, 1.82) is 0 Å². The number of hydrogen-bond acceptors (Lipinski definition) is 4. The van der Waals surface area contributed by atoms with Crippen molar-refractivity contribution in [2.24, 2.45) is 0 Å². The number of benzene rings is 1. The van der Waals surface area contributed by atoms with Crippen LogP contribution >= 0.6 is 0 Å². The highest BCUT2D eigenvalue weighted by molar-refractivity contribution is 5.95. The van der Waals surface area contributed by atoms with Gasteiger partial charge in [-0.25, -0.2) is 0 Å². The topological polar surface area (TPSA) is 125 Å². The van der Waals surface area contributed by atoms with Gasteiger partial charge in [-0.05, 0) is 24.1 Å². The summed E-state index contributed by atoms with van der Waals surface area (Å²) >= 11 is 0. The van der Waals surface area contributed by atoms with Crippen LogP contribution in [0.15, 0.2) is 24.3 Å². The molecule has 1 rings (SSSR count). The first-order chi connectivity index (χ1) is 10.9. The number of hydrogen-bond donors (Lipinski definition) is 4. The van der Waals surface area contributed by atoms with Crippen LogP contribution in [0.3, 0.4) is 0 Å². The van der Waals surface area contributed by atoms with Gasteiger partial charge in [0.1, 0.15) is 0 Å². The van der Waals surface area contributed by atoms with Gasteiger partial charge in [-0.15, -0.1) is 0 Å². The quantitative estimate of drug-likeness (QED) is 0.532. The Labute approximate surface area is 133 Å². The average Bonchev–Trinajstić information content (AvgIpc) is 2.49. The summed E-state index contributed by atoms with van der Waals surface area (Å²) in [5.41, 5.74) is 1.31. The minimum atomic E-state index is -0.888. The molecule has 3 amide bonds. The van der Waals surface area contributed by atoms with Crippen molar-refractivity contribution in [2.45, 2.75) is 19.8 Å². The van der Waals surface area contributed by atoms with Gasteiger partial charge in [-0.3, -0.25) is 19.2 Å². The highest BCUT2D eigenvalue weighted by atomic mass is 16.4. The Balaban J connectivity index is 2.41. The lowest BCUT2D eigenvalue weighted by Gasteiger charge is -2.08. The van der Waals surface area contributed by atoms with Crippen LogP contribution in [0.25, 0.3) is 0 Å². The third kappa shape index (κ3) is 8.20. The van der Waals surface area contributed by atoms with Gasteiger partial charge in [-0.1, -0.05) is 12.1 Å². The van der Waals surface area contributed by atoms with Gasteiger partial charge in [0.25, 0.3) is 0 Å².